The summed E-state index contributed by atoms with van der Waals surface area (Å²) in [6.07, 6.45) is 0.701. The summed E-state index contributed by atoms with van der Waals surface area (Å²) in [5, 5.41) is 11.8. The number of hydrogen-bond acceptors (Lipinski definition) is 4. The lowest BCUT2D eigenvalue weighted by Gasteiger charge is -2.13. The van der Waals surface area contributed by atoms with E-state index in [0.29, 0.717) is 18.7 Å². The van der Waals surface area contributed by atoms with Crippen LogP contribution in [0.5, 0.6) is 0 Å². The number of carbonyl (C=O) groups is 2. The van der Waals surface area contributed by atoms with E-state index < -0.39 is 11.9 Å². The first-order chi connectivity index (χ1) is 11.0. The number of likely N-dealkylation sites (tertiary alicyclic amines) is 1. The lowest BCUT2D eigenvalue weighted by Crippen LogP contribution is -2.30. The van der Waals surface area contributed by atoms with E-state index >= 15 is 0 Å². The van der Waals surface area contributed by atoms with Gasteiger partial charge in [-0.15, -0.1) is 11.3 Å². The Hall–Kier alpha value is -2.21. The molecule has 1 aromatic carbocycles. The summed E-state index contributed by atoms with van der Waals surface area (Å²) in [7, 11) is 0. The van der Waals surface area contributed by atoms with Gasteiger partial charge in [0.25, 0.3) is 5.91 Å². The molecule has 23 heavy (non-hydrogen) atoms. The largest absolute Gasteiger partial charge is 0.481 e. The van der Waals surface area contributed by atoms with Crippen LogP contribution in [0.15, 0.2) is 35.7 Å². The number of benzene rings is 1. The highest BCUT2D eigenvalue weighted by molar-refractivity contribution is 7.09. The maximum Gasteiger partial charge on any atom is 0.308 e. The molecule has 0 radical (unpaired) electrons. The standard InChI is InChI=1S/C17H18N2O3S/c1-11-8-19(9-13(11)17(21)22)16(20)14-10-23-15(18-14)7-12-5-3-2-4-6-12/h2-6,10-11,13H,7-9H2,1H3,(H,21,22)/t11-,13-/m1/s1. The number of carbonyl (C=O) groups excluding carboxylic acids is 1. The number of nitrogens with zero attached hydrogens (tertiary/aromatic N) is 2. The number of amides is 1. The molecule has 1 aliphatic rings. The van der Waals surface area contributed by atoms with Gasteiger partial charge in [-0.1, -0.05) is 37.3 Å². The number of carboxylic acid groups (broad SMARTS) is 1. The summed E-state index contributed by atoms with van der Waals surface area (Å²) in [5.74, 6) is -1.52. The first-order valence-electron chi connectivity index (χ1n) is 7.55. The van der Waals surface area contributed by atoms with Crippen molar-refractivity contribution in [1.29, 1.82) is 0 Å². The Bertz CT molecular complexity index is 714. The molecule has 1 saturated heterocycles. The summed E-state index contributed by atoms with van der Waals surface area (Å²) in [5.41, 5.74) is 1.57. The van der Waals surface area contributed by atoms with Gasteiger partial charge in [0.15, 0.2) is 0 Å². The fourth-order valence-electron chi connectivity index (χ4n) is 2.88. The van der Waals surface area contributed by atoms with Crippen molar-refractivity contribution in [2.75, 3.05) is 13.1 Å². The number of aliphatic carboxylic acids is 1. The van der Waals surface area contributed by atoms with Crippen LogP contribution in [0.2, 0.25) is 0 Å². The zero-order valence-corrected chi connectivity index (χ0v) is 13.6. The Balaban J connectivity index is 1.68. The quantitative estimate of drug-likeness (QED) is 0.935. The highest BCUT2D eigenvalue weighted by Gasteiger charge is 2.37. The van der Waals surface area contributed by atoms with E-state index in [-0.39, 0.29) is 18.4 Å². The average Bonchev–Trinajstić information content (AvgIpc) is 3.14. The topological polar surface area (TPSA) is 70.5 Å². The second-order valence-electron chi connectivity index (χ2n) is 5.92. The minimum Gasteiger partial charge on any atom is -0.481 e. The van der Waals surface area contributed by atoms with E-state index in [9.17, 15) is 14.7 Å². The molecule has 6 heteroatoms. The Morgan fingerprint density at radius 3 is 2.70 bits per heavy atom. The third-order valence-corrected chi connectivity index (χ3v) is 5.03. The zero-order chi connectivity index (χ0) is 16.4. The van der Waals surface area contributed by atoms with E-state index in [0.717, 1.165) is 10.6 Å². The number of hydrogen-bond donors (Lipinski definition) is 1. The Kier molecular flexibility index (Phi) is 4.43. The maximum atomic E-state index is 12.5. The molecule has 0 bridgehead atoms. The lowest BCUT2D eigenvalue weighted by atomic mass is 9.99. The molecule has 1 amide bonds. The van der Waals surface area contributed by atoms with Gasteiger partial charge in [0.1, 0.15) is 5.69 Å². The SMILES string of the molecule is C[C@@H]1CN(C(=O)c2csc(Cc3ccccc3)n2)C[C@H]1C(=O)O. The van der Waals surface area contributed by atoms with Gasteiger partial charge >= 0.3 is 5.97 Å². The molecule has 5 nitrogen and oxygen atoms in total. The fourth-order valence-corrected chi connectivity index (χ4v) is 3.68. The van der Waals surface area contributed by atoms with Gasteiger partial charge in [-0.2, -0.15) is 0 Å². The Labute approximate surface area is 138 Å². The van der Waals surface area contributed by atoms with Gasteiger partial charge in [-0.05, 0) is 11.5 Å². The Morgan fingerprint density at radius 1 is 1.30 bits per heavy atom. The lowest BCUT2D eigenvalue weighted by molar-refractivity contribution is -0.142. The maximum absolute atomic E-state index is 12.5. The summed E-state index contributed by atoms with van der Waals surface area (Å²) in [6, 6.07) is 9.98. The van der Waals surface area contributed by atoms with Gasteiger partial charge < -0.3 is 10.0 Å². The van der Waals surface area contributed by atoms with Gasteiger partial charge in [0.2, 0.25) is 0 Å². The van der Waals surface area contributed by atoms with Crippen LogP contribution in [0.3, 0.4) is 0 Å². The predicted molar refractivity (Wildman–Crippen MR) is 87.6 cm³/mol. The molecule has 120 valence electrons. The first kappa shape index (κ1) is 15.7. The van der Waals surface area contributed by atoms with Crippen molar-refractivity contribution >= 4 is 23.2 Å². The highest BCUT2D eigenvalue weighted by atomic mass is 32.1. The molecule has 0 aliphatic carbocycles. The monoisotopic (exact) mass is 330 g/mol. The van der Waals surface area contributed by atoms with E-state index in [1.54, 1.807) is 10.3 Å². The van der Waals surface area contributed by atoms with Crippen molar-refractivity contribution in [2.45, 2.75) is 13.3 Å². The van der Waals surface area contributed by atoms with Crippen LogP contribution in [-0.2, 0) is 11.2 Å². The van der Waals surface area contributed by atoms with Crippen molar-refractivity contribution in [3.05, 3.63) is 52.0 Å². The molecule has 1 fully saturated rings. The summed E-state index contributed by atoms with van der Waals surface area (Å²) in [4.78, 5) is 29.7. The van der Waals surface area contributed by atoms with Crippen molar-refractivity contribution in [2.24, 2.45) is 11.8 Å². The van der Waals surface area contributed by atoms with Crippen LogP contribution < -0.4 is 0 Å². The highest BCUT2D eigenvalue weighted by Crippen LogP contribution is 2.25. The van der Waals surface area contributed by atoms with Gasteiger partial charge in [0, 0.05) is 24.9 Å². The van der Waals surface area contributed by atoms with E-state index in [1.165, 1.54) is 11.3 Å². The van der Waals surface area contributed by atoms with Crippen molar-refractivity contribution in [3.63, 3.8) is 0 Å². The molecule has 2 heterocycles. The number of carboxylic acids is 1. The zero-order valence-electron chi connectivity index (χ0n) is 12.8. The molecule has 2 aromatic rings. The molecular formula is C17H18N2O3S. The molecule has 0 spiro atoms. The minimum atomic E-state index is -0.837. The third-order valence-electron chi connectivity index (χ3n) is 4.19. The van der Waals surface area contributed by atoms with Crippen LogP contribution in [0, 0.1) is 11.8 Å². The van der Waals surface area contributed by atoms with Crippen LogP contribution >= 0.6 is 11.3 Å². The molecule has 0 saturated carbocycles. The van der Waals surface area contributed by atoms with Gasteiger partial charge in [-0.25, -0.2) is 4.98 Å². The van der Waals surface area contributed by atoms with E-state index in [2.05, 4.69) is 4.98 Å². The van der Waals surface area contributed by atoms with Crippen LogP contribution in [-0.4, -0.2) is 40.0 Å². The van der Waals surface area contributed by atoms with Gasteiger partial charge in [0.05, 0.1) is 10.9 Å². The number of rotatable bonds is 4. The molecule has 2 atom stereocenters. The summed E-state index contributed by atoms with van der Waals surface area (Å²) >= 11 is 1.46. The molecule has 1 aliphatic heterocycles. The third kappa shape index (κ3) is 3.42. The van der Waals surface area contributed by atoms with Crippen LogP contribution in [0.25, 0.3) is 0 Å². The molecular weight excluding hydrogens is 312 g/mol. The smallest absolute Gasteiger partial charge is 0.308 e. The molecule has 0 unspecified atom stereocenters. The first-order valence-corrected chi connectivity index (χ1v) is 8.43. The summed E-state index contributed by atoms with van der Waals surface area (Å²) in [6.45, 7) is 2.61. The van der Waals surface area contributed by atoms with E-state index in [1.807, 2.05) is 37.3 Å². The molecule has 3 rings (SSSR count). The van der Waals surface area contributed by atoms with Crippen molar-refractivity contribution in [1.82, 2.24) is 9.88 Å². The van der Waals surface area contributed by atoms with Gasteiger partial charge in [-0.3, -0.25) is 9.59 Å². The number of thiazole rings is 1. The van der Waals surface area contributed by atoms with Crippen LogP contribution in [0.4, 0.5) is 0 Å². The minimum absolute atomic E-state index is 0.0288. The average molecular weight is 330 g/mol. The second kappa shape index (κ2) is 6.50. The Morgan fingerprint density at radius 2 is 2.04 bits per heavy atom. The fraction of sp³-hybridized carbons (Fsp3) is 0.353. The predicted octanol–water partition coefficient (Wildman–Crippen LogP) is 2.53. The van der Waals surface area contributed by atoms with E-state index in [4.69, 9.17) is 0 Å². The van der Waals surface area contributed by atoms with Crippen molar-refractivity contribution in [3.8, 4) is 0 Å². The number of aromatic nitrogens is 1. The van der Waals surface area contributed by atoms with Crippen LogP contribution in [0.1, 0.15) is 28.0 Å². The van der Waals surface area contributed by atoms with Crippen molar-refractivity contribution < 1.29 is 14.7 Å². The second-order valence-corrected chi connectivity index (χ2v) is 6.86. The molecule has 1 N–H and O–H groups in total. The normalized spacial score (nSPS) is 20.7. The summed E-state index contributed by atoms with van der Waals surface area (Å²) < 4.78 is 0. The molecule has 1 aromatic heterocycles.